The molecule has 1 aromatic carbocycles. The second-order valence-corrected chi connectivity index (χ2v) is 11.4. The fourth-order valence-corrected chi connectivity index (χ4v) is 6.55. The molecule has 172 valence electrons. The summed E-state index contributed by atoms with van der Waals surface area (Å²) in [6, 6.07) is 10.9. The average Bonchev–Trinajstić information content (AvgIpc) is 3.41. The van der Waals surface area contributed by atoms with Crippen molar-refractivity contribution in [3.05, 3.63) is 79.1 Å². The van der Waals surface area contributed by atoms with Gasteiger partial charge in [0.2, 0.25) is 0 Å². The Labute approximate surface area is 202 Å². The summed E-state index contributed by atoms with van der Waals surface area (Å²) in [7, 11) is 0. The van der Waals surface area contributed by atoms with Crippen molar-refractivity contribution < 1.29 is 0 Å². The highest BCUT2D eigenvalue weighted by molar-refractivity contribution is 7.18. The van der Waals surface area contributed by atoms with Gasteiger partial charge < -0.3 is 5.32 Å². The van der Waals surface area contributed by atoms with E-state index in [1.54, 1.807) is 33.6 Å². The van der Waals surface area contributed by atoms with E-state index in [1.165, 1.54) is 16.0 Å². The van der Waals surface area contributed by atoms with E-state index in [2.05, 4.69) is 53.8 Å². The van der Waals surface area contributed by atoms with Gasteiger partial charge in [0.1, 0.15) is 4.83 Å². The van der Waals surface area contributed by atoms with Gasteiger partial charge in [-0.3, -0.25) is 9.36 Å². The number of hydrogen-bond donors (Lipinski definition) is 1. The lowest BCUT2D eigenvalue weighted by Gasteiger charge is -2.23. The molecule has 0 amide bonds. The first-order chi connectivity index (χ1) is 16.1. The SMILES string of the molecule is CC(C)CCn1cnc2sc3c(c2c1=O)CC[C@@H](NCc1csc(Cc2ccccc2)n1)C3. The molecule has 0 radical (unpaired) electrons. The second kappa shape index (κ2) is 9.87. The van der Waals surface area contributed by atoms with Gasteiger partial charge in [0.25, 0.3) is 5.56 Å². The maximum absolute atomic E-state index is 13.1. The van der Waals surface area contributed by atoms with Gasteiger partial charge in [0, 0.05) is 35.8 Å². The minimum absolute atomic E-state index is 0.137. The smallest absolute Gasteiger partial charge is 0.262 e. The number of nitrogens with one attached hydrogen (secondary N) is 1. The number of thiophene rings is 1. The molecule has 7 heteroatoms. The first-order valence-electron chi connectivity index (χ1n) is 11.8. The van der Waals surface area contributed by atoms with E-state index in [-0.39, 0.29) is 5.56 Å². The van der Waals surface area contributed by atoms with E-state index < -0.39 is 0 Å². The van der Waals surface area contributed by atoms with Crippen LogP contribution in [0.5, 0.6) is 0 Å². The quantitative estimate of drug-likeness (QED) is 0.378. The summed E-state index contributed by atoms with van der Waals surface area (Å²) in [5.74, 6) is 0.572. The van der Waals surface area contributed by atoms with Crippen molar-refractivity contribution in [2.45, 2.75) is 65.1 Å². The third-order valence-electron chi connectivity index (χ3n) is 6.35. The number of benzene rings is 1. The Balaban J connectivity index is 1.23. The van der Waals surface area contributed by atoms with E-state index in [1.807, 2.05) is 6.07 Å². The van der Waals surface area contributed by atoms with Crippen molar-refractivity contribution in [2.24, 2.45) is 5.92 Å². The van der Waals surface area contributed by atoms with Crippen LogP contribution in [0.2, 0.25) is 0 Å². The van der Waals surface area contributed by atoms with Gasteiger partial charge in [0.15, 0.2) is 0 Å². The van der Waals surface area contributed by atoms with E-state index in [0.717, 1.165) is 66.1 Å². The van der Waals surface area contributed by atoms with Gasteiger partial charge in [-0.25, -0.2) is 9.97 Å². The van der Waals surface area contributed by atoms with Gasteiger partial charge in [-0.15, -0.1) is 22.7 Å². The van der Waals surface area contributed by atoms with Crippen molar-refractivity contribution in [1.82, 2.24) is 19.9 Å². The van der Waals surface area contributed by atoms with Crippen molar-refractivity contribution in [2.75, 3.05) is 0 Å². The summed E-state index contributed by atoms with van der Waals surface area (Å²) in [6.07, 6.45) is 6.56. The predicted molar refractivity (Wildman–Crippen MR) is 137 cm³/mol. The lowest BCUT2D eigenvalue weighted by molar-refractivity contribution is 0.460. The molecule has 5 nitrogen and oxygen atoms in total. The summed E-state index contributed by atoms with van der Waals surface area (Å²) < 4.78 is 1.80. The Morgan fingerprint density at radius 1 is 1.24 bits per heavy atom. The van der Waals surface area contributed by atoms with Crippen LogP contribution in [-0.2, 0) is 32.4 Å². The van der Waals surface area contributed by atoms with Crippen LogP contribution in [0.1, 0.15) is 53.4 Å². The van der Waals surface area contributed by atoms with Crippen LogP contribution in [0.4, 0.5) is 0 Å². The summed E-state index contributed by atoms with van der Waals surface area (Å²) in [5.41, 5.74) is 3.79. The number of aromatic nitrogens is 3. The molecule has 0 saturated heterocycles. The van der Waals surface area contributed by atoms with Gasteiger partial charge in [-0.2, -0.15) is 0 Å². The van der Waals surface area contributed by atoms with Crippen molar-refractivity contribution in [3.63, 3.8) is 0 Å². The fourth-order valence-electron chi connectivity index (χ4n) is 4.46. The van der Waals surface area contributed by atoms with Crippen molar-refractivity contribution in [1.29, 1.82) is 0 Å². The normalized spacial score (nSPS) is 15.9. The average molecular weight is 479 g/mol. The number of rotatable bonds is 8. The van der Waals surface area contributed by atoms with E-state index in [4.69, 9.17) is 4.98 Å². The number of aryl methyl sites for hydroxylation is 2. The topological polar surface area (TPSA) is 59.8 Å². The predicted octanol–water partition coefficient (Wildman–Crippen LogP) is 5.20. The molecule has 1 aliphatic rings. The Morgan fingerprint density at radius 2 is 2.09 bits per heavy atom. The standard InChI is InChI=1S/C26H30N4OS2/c1-17(2)10-11-30-16-28-25-24(26(30)31)21-9-8-19(13-22(21)33-25)27-14-20-15-32-23(29-20)12-18-6-4-3-5-7-18/h3-7,15-17,19,27H,8-14H2,1-2H3/t19-/m1/s1. The molecule has 0 bridgehead atoms. The molecule has 33 heavy (non-hydrogen) atoms. The molecular formula is C26H30N4OS2. The van der Waals surface area contributed by atoms with Crippen LogP contribution in [0.3, 0.4) is 0 Å². The molecule has 0 fully saturated rings. The summed E-state index contributed by atoms with van der Waals surface area (Å²) >= 11 is 3.44. The highest BCUT2D eigenvalue weighted by atomic mass is 32.1. The zero-order chi connectivity index (χ0) is 22.8. The van der Waals surface area contributed by atoms with Crippen LogP contribution in [0, 0.1) is 5.92 Å². The van der Waals surface area contributed by atoms with Crippen LogP contribution in [0.25, 0.3) is 10.2 Å². The van der Waals surface area contributed by atoms with E-state index in [0.29, 0.717) is 12.0 Å². The maximum atomic E-state index is 13.1. The Morgan fingerprint density at radius 3 is 2.91 bits per heavy atom. The molecule has 0 unspecified atom stereocenters. The summed E-state index contributed by atoms with van der Waals surface area (Å²) in [6.45, 7) is 5.91. The van der Waals surface area contributed by atoms with Crippen LogP contribution in [-0.4, -0.2) is 20.6 Å². The molecule has 0 saturated carbocycles. The summed E-state index contributed by atoms with van der Waals surface area (Å²) in [4.78, 5) is 24.8. The lowest BCUT2D eigenvalue weighted by Crippen LogP contribution is -2.34. The third-order valence-corrected chi connectivity index (χ3v) is 8.41. The Bertz CT molecular complexity index is 1290. The van der Waals surface area contributed by atoms with Crippen LogP contribution >= 0.6 is 22.7 Å². The van der Waals surface area contributed by atoms with Crippen molar-refractivity contribution in [3.8, 4) is 0 Å². The zero-order valence-electron chi connectivity index (χ0n) is 19.2. The molecule has 3 aromatic heterocycles. The van der Waals surface area contributed by atoms with Gasteiger partial charge in [-0.1, -0.05) is 44.2 Å². The van der Waals surface area contributed by atoms with Gasteiger partial charge in [0.05, 0.1) is 22.4 Å². The first kappa shape index (κ1) is 22.4. The molecule has 5 rings (SSSR count). The highest BCUT2D eigenvalue weighted by Crippen LogP contribution is 2.33. The third kappa shape index (κ3) is 5.10. The molecule has 0 spiro atoms. The van der Waals surface area contributed by atoms with Crippen LogP contribution in [0.15, 0.2) is 46.8 Å². The zero-order valence-corrected chi connectivity index (χ0v) is 20.8. The highest BCUT2D eigenvalue weighted by Gasteiger charge is 2.25. The van der Waals surface area contributed by atoms with E-state index >= 15 is 0 Å². The van der Waals surface area contributed by atoms with E-state index in [9.17, 15) is 4.79 Å². The number of thiazole rings is 1. The minimum Gasteiger partial charge on any atom is -0.308 e. The molecule has 0 aliphatic heterocycles. The maximum Gasteiger partial charge on any atom is 0.262 e. The van der Waals surface area contributed by atoms with Gasteiger partial charge in [-0.05, 0) is 42.7 Å². The Hall–Kier alpha value is -2.35. The number of nitrogens with zero attached hydrogens (tertiary/aromatic N) is 3. The largest absolute Gasteiger partial charge is 0.308 e. The fraction of sp³-hybridized carbons (Fsp3) is 0.423. The molecule has 1 atom stereocenters. The number of fused-ring (bicyclic) bond motifs is 3. The Kier molecular flexibility index (Phi) is 6.71. The first-order valence-corrected chi connectivity index (χ1v) is 13.5. The van der Waals surface area contributed by atoms with Crippen molar-refractivity contribution >= 4 is 32.9 Å². The second-order valence-electron chi connectivity index (χ2n) is 9.33. The minimum atomic E-state index is 0.137. The number of hydrogen-bond acceptors (Lipinski definition) is 6. The monoisotopic (exact) mass is 478 g/mol. The molecule has 1 aliphatic carbocycles. The molecular weight excluding hydrogens is 448 g/mol. The molecule has 4 aromatic rings. The molecule has 1 N–H and O–H groups in total. The summed E-state index contributed by atoms with van der Waals surface area (Å²) in [5, 5.41) is 7.90. The lowest BCUT2D eigenvalue weighted by atomic mass is 9.93. The van der Waals surface area contributed by atoms with Gasteiger partial charge >= 0.3 is 0 Å². The molecule has 3 heterocycles. The van der Waals surface area contributed by atoms with Crippen LogP contribution < -0.4 is 10.9 Å².